The highest BCUT2D eigenvalue weighted by Crippen LogP contribution is 2.10. The Morgan fingerprint density at radius 1 is 1.27 bits per heavy atom. The highest BCUT2D eigenvalue weighted by molar-refractivity contribution is 5.69. The van der Waals surface area contributed by atoms with Crippen LogP contribution in [0.15, 0.2) is 36.4 Å². The molecule has 0 aliphatic carbocycles. The average molecular weight is 306 g/mol. The second-order valence-electron chi connectivity index (χ2n) is 5.51. The molecule has 0 aliphatic rings. The number of aromatic hydroxyl groups is 1. The molecule has 0 saturated heterocycles. The van der Waals surface area contributed by atoms with Gasteiger partial charge in [0.2, 0.25) is 0 Å². The molecule has 0 heterocycles. The molecule has 0 fully saturated rings. The zero-order valence-corrected chi connectivity index (χ0v) is 14.3. The van der Waals surface area contributed by atoms with Gasteiger partial charge >= 0.3 is 5.97 Å². The van der Waals surface area contributed by atoms with Crippen molar-refractivity contribution in [2.24, 2.45) is 5.92 Å². The van der Waals surface area contributed by atoms with Crippen LogP contribution in [0.4, 0.5) is 0 Å². The Hall–Kier alpha value is -1.77. The van der Waals surface area contributed by atoms with Gasteiger partial charge in [-0.3, -0.25) is 4.79 Å². The van der Waals surface area contributed by atoms with Crippen LogP contribution in [-0.2, 0) is 16.0 Å². The summed E-state index contributed by atoms with van der Waals surface area (Å²) in [5.74, 6) is 0.660. The van der Waals surface area contributed by atoms with E-state index in [2.05, 4.69) is 19.9 Å². The van der Waals surface area contributed by atoms with Crippen LogP contribution in [0.5, 0.6) is 5.75 Å². The Kier molecular flexibility index (Phi) is 11.9. The summed E-state index contributed by atoms with van der Waals surface area (Å²) in [6, 6.07) is 7.31. The Morgan fingerprint density at radius 2 is 2.00 bits per heavy atom. The molecule has 1 N–H and O–H groups in total. The SMILES string of the molecule is CC/C=C\CCOC(=O)CC(C)C.CCc1cccc(O)c1. The molecule has 0 amide bonds. The summed E-state index contributed by atoms with van der Waals surface area (Å²) in [5.41, 5.74) is 1.18. The number of aryl methyl sites for hydroxylation is 1. The van der Waals surface area contributed by atoms with Crippen LogP contribution in [0, 0.1) is 5.92 Å². The van der Waals surface area contributed by atoms with Crippen LogP contribution >= 0.6 is 0 Å². The number of hydrogen-bond acceptors (Lipinski definition) is 3. The molecule has 0 radical (unpaired) electrons. The van der Waals surface area contributed by atoms with Crippen molar-refractivity contribution in [2.75, 3.05) is 6.61 Å². The predicted octanol–water partition coefficient (Wildman–Crippen LogP) is 4.89. The zero-order valence-electron chi connectivity index (χ0n) is 14.3. The van der Waals surface area contributed by atoms with E-state index in [1.165, 1.54) is 5.56 Å². The first-order valence-electron chi connectivity index (χ1n) is 8.08. The third-order valence-electron chi connectivity index (χ3n) is 2.84. The van der Waals surface area contributed by atoms with Crippen LogP contribution in [0.2, 0.25) is 0 Å². The number of benzene rings is 1. The molecule has 0 unspecified atom stereocenters. The number of esters is 1. The number of carbonyl (C=O) groups is 1. The molecular weight excluding hydrogens is 276 g/mol. The third-order valence-corrected chi connectivity index (χ3v) is 2.84. The van der Waals surface area contributed by atoms with Gasteiger partial charge in [-0.1, -0.05) is 52.0 Å². The van der Waals surface area contributed by atoms with Crippen LogP contribution in [-0.4, -0.2) is 17.7 Å². The standard InChI is InChI=1S/C11H20O2.C8H10O/c1-4-5-6-7-8-13-11(12)9-10(2)3;1-2-7-4-3-5-8(9)6-7/h5-6,10H,4,7-9H2,1-3H3;3-6,9H,2H2,1H3/b6-5-;. The van der Waals surface area contributed by atoms with Gasteiger partial charge in [-0.05, 0) is 42.9 Å². The van der Waals surface area contributed by atoms with Crippen molar-refractivity contribution in [3.63, 3.8) is 0 Å². The fourth-order valence-electron chi connectivity index (χ4n) is 1.69. The van der Waals surface area contributed by atoms with Crippen molar-refractivity contribution in [1.82, 2.24) is 0 Å². The summed E-state index contributed by atoms with van der Waals surface area (Å²) < 4.78 is 5.01. The summed E-state index contributed by atoms with van der Waals surface area (Å²) in [6.45, 7) is 8.69. The minimum absolute atomic E-state index is 0.0834. The lowest BCUT2D eigenvalue weighted by Crippen LogP contribution is -2.08. The van der Waals surface area contributed by atoms with Gasteiger partial charge in [0.25, 0.3) is 0 Å². The van der Waals surface area contributed by atoms with E-state index in [0.717, 1.165) is 19.3 Å². The minimum Gasteiger partial charge on any atom is -0.508 e. The highest BCUT2D eigenvalue weighted by atomic mass is 16.5. The molecule has 1 aromatic rings. The maximum absolute atomic E-state index is 11.0. The topological polar surface area (TPSA) is 46.5 Å². The quantitative estimate of drug-likeness (QED) is 0.443. The van der Waals surface area contributed by atoms with Crippen LogP contribution < -0.4 is 0 Å². The molecule has 3 nitrogen and oxygen atoms in total. The molecule has 0 saturated carbocycles. The molecule has 0 spiro atoms. The molecule has 0 aromatic heterocycles. The summed E-state index contributed by atoms with van der Waals surface area (Å²) in [4.78, 5) is 11.0. The van der Waals surface area contributed by atoms with Gasteiger partial charge < -0.3 is 9.84 Å². The molecule has 0 atom stereocenters. The summed E-state index contributed by atoms with van der Waals surface area (Å²) in [7, 11) is 0. The fourth-order valence-corrected chi connectivity index (χ4v) is 1.69. The third kappa shape index (κ3) is 12.0. The zero-order chi connectivity index (χ0) is 16.8. The largest absolute Gasteiger partial charge is 0.508 e. The van der Waals surface area contributed by atoms with Gasteiger partial charge in [0.15, 0.2) is 0 Å². The van der Waals surface area contributed by atoms with Gasteiger partial charge in [-0.2, -0.15) is 0 Å². The van der Waals surface area contributed by atoms with Gasteiger partial charge in [0, 0.05) is 6.42 Å². The summed E-state index contributed by atoms with van der Waals surface area (Å²) in [6.07, 6.45) is 7.50. The van der Waals surface area contributed by atoms with Crippen molar-refractivity contribution in [1.29, 1.82) is 0 Å². The first-order chi connectivity index (χ1) is 10.5. The first kappa shape index (κ1) is 20.2. The van der Waals surface area contributed by atoms with E-state index in [0.29, 0.717) is 24.7 Å². The lowest BCUT2D eigenvalue weighted by atomic mass is 10.1. The number of phenols is 1. The number of hydrogen-bond donors (Lipinski definition) is 1. The van der Waals surface area contributed by atoms with Crippen molar-refractivity contribution in [3.8, 4) is 5.75 Å². The molecule has 22 heavy (non-hydrogen) atoms. The molecule has 0 bridgehead atoms. The van der Waals surface area contributed by atoms with Crippen molar-refractivity contribution in [2.45, 2.75) is 53.4 Å². The number of rotatable bonds is 7. The van der Waals surface area contributed by atoms with Gasteiger partial charge in [0.1, 0.15) is 5.75 Å². The van der Waals surface area contributed by atoms with Crippen LogP contribution in [0.25, 0.3) is 0 Å². The van der Waals surface area contributed by atoms with E-state index in [1.807, 2.05) is 32.1 Å². The lowest BCUT2D eigenvalue weighted by Gasteiger charge is -2.04. The fraction of sp³-hybridized carbons (Fsp3) is 0.526. The second kappa shape index (κ2) is 12.9. The predicted molar refractivity (Wildman–Crippen MR) is 91.9 cm³/mol. The summed E-state index contributed by atoms with van der Waals surface area (Å²) >= 11 is 0. The normalized spacial score (nSPS) is 10.4. The molecule has 1 rings (SSSR count). The van der Waals surface area contributed by atoms with E-state index in [4.69, 9.17) is 9.84 Å². The van der Waals surface area contributed by atoms with E-state index in [9.17, 15) is 4.79 Å². The maximum Gasteiger partial charge on any atom is 0.306 e. The Morgan fingerprint density at radius 3 is 2.50 bits per heavy atom. The molecule has 0 aliphatic heterocycles. The Labute approximate surface area is 135 Å². The number of allylic oxidation sites excluding steroid dienone is 1. The minimum atomic E-state index is -0.0834. The molecular formula is C19H30O3. The Balaban J connectivity index is 0.000000425. The average Bonchev–Trinajstić information content (AvgIpc) is 2.47. The number of carbonyl (C=O) groups excluding carboxylic acids is 1. The smallest absolute Gasteiger partial charge is 0.306 e. The maximum atomic E-state index is 11.0. The highest BCUT2D eigenvalue weighted by Gasteiger charge is 2.04. The lowest BCUT2D eigenvalue weighted by molar-refractivity contribution is -0.144. The van der Waals surface area contributed by atoms with Gasteiger partial charge in [-0.15, -0.1) is 0 Å². The van der Waals surface area contributed by atoms with Gasteiger partial charge in [0.05, 0.1) is 6.61 Å². The number of ether oxygens (including phenoxy) is 1. The van der Waals surface area contributed by atoms with Crippen molar-refractivity contribution >= 4 is 5.97 Å². The molecule has 3 heteroatoms. The van der Waals surface area contributed by atoms with E-state index in [-0.39, 0.29) is 5.97 Å². The van der Waals surface area contributed by atoms with Crippen molar-refractivity contribution < 1.29 is 14.6 Å². The van der Waals surface area contributed by atoms with Gasteiger partial charge in [-0.25, -0.2) is 0 Å². The Bertz CT molecular complexity index is 436. The van der Waals surface area contributed by atoms with E-state index in [1.54, 1.807) is 12.1 Å². The first-order valence-corrected chi connectivity index (χ1v) is 8.08. The van der Waals surface area contributed by atoms with E-state index >= 15 is 0 Å². The van der Waals surface area contributed by atoms with Crippen LogP contribution in [0.1, 0.15) is 52.5 Å². The van der Waals surface area contributed by atoms with Crippen molar-refractivity contribution in [3.05, 3.63) is 42.0 Å². The molecule has 124 valence electrons. The molecule has 1 aromatic carbocycles. The monoisotopic (exact) mass is 306 g/mol. The van der Waals surface area contributed by atoms with Crippen LogP contribution in [0.3, 0.4) is 0 Å². The van der Waals surface area contributed by atoms with E-state index < -0.39 is 0 Å². The second-order valence-corrected chi connectivity index (χ2v) is 5.51. The summed E-state index contributed by atoms with van der Waals surface area (Å²) in [5, 5.41) is 8.94. The number of phenolic OH excluding ortho intramolecular Hbond substituents is 1.